The number of hydrogen-bond donors (Lipinski definition) is 7. The van der Waals surface area contributed by atoms with Gasteiger partial charge in [-0.2, -0.15) is 8.78 Å². The standard InChI is InChI=1S/C84H124F5N7O33S3/c1-46(97)93-71-78(123-55(10)106)74(120-52(7)103)58(40-117-49(4)100)126-81(71)130-37-22-16-13-19-31-90-61(109)28-34-114-43-84(96-64(112)26-25-27-65(113)129-77-69(88)67(86)66(85)68(87)70(77)89,44-115-35-29-62(110)91-32-20-14-17-23-38-131-82-72(94-47(2)98)79(124-56(11)107)75(121-53(8)104)59(127-82)41-118-50(5)101)45-116-36-30-63(111)92-33-21-15-18-24-39-132-83-73(95-48(3)99)80(125-57(12)108)76(122-54(9)105)60(128-83)42-119-51(6)102/h58-60,71-76,78-83H,13-45H2,1-12H3,(H,90,109)(H,91,110)(H,92,111)(H,93,97)(H,94,98)(H,95,99)(H,96,112)/t58?,59?,60?,71-,72?,73?,74?,75?,76?,78?,79?,80?,81?,82?,83?,84?/m0/s1. The highest BCUT2D eigenvalue weighted by molar-refractivity contribution is 8.00. The molecule has 4 rings (SSSR count). The van der Waals surface area contributed by atoms with Crippen LogP contribution in [0.25, 0.3) is 0 Å². The van der Waals surface area contributed by atoms with Gasteiger partial charge >= 0.3 is 59.7 Å². The normalized spacial score (nSPS) is 21.9. The second kappa shape index (κ2) is 61.5. The predicted octanol–water partition coefficient (Wildman–Crippen LogP) is 4.73. The summed E-state index contributed by atoms with van der Waals surface area (Å²) in [5.41, 5.74) is -4.34. The van der Waals surface area contributed by atoms with Crippen molar-refractivity contribution in [3.63, 3.8) is 0 Å². The molecule has 0 radical (unpaired) electrons. The summed E-state index contributed by atoms with van der Waals surface area (Å²) in [6.45, 7) is 11.3. The molecule has 132 heavy (non-hydrogen) atoms. The molecule has 3 fully saturated rings. The van der Waals surface area contributed by atoms with Gasteiger partial charge in [-0.25, -0.2) is 13.2 Å². The number of esters is 10. The van der Waals surface area contributed by atoms with E-state index in [1.807, 2.05) is 0 Å². The molecule has 7 N–H and O–H groups in total. The van der Waals surface area contributed by atoms with Crippen LogP contribution in [0.15, 0.2) is 0 Å². The van der Waals surface area contributed by atoms with Gasteiger partial charge in [0.2, 0.25) is 76.2 Å². The van der Waals surface area contributed by atoms with E-state index in [0.29, 0.717) is 94.3 Å². The van der Waals surface area contributed by atoms with E-state index in [-0.39, 0.29) is 78.5 Å². The van der Waals surface area contributed by atoms with Gasteiger partial charge in [0.15, 0.2) is 36.6 Å². The maximum Gasteiger partial charge on any atom is 0.311 e. The third-order valence-electron chi connectivity index (χ3n) is 19.4. The minimum atomic E-state index is -2.50. The second-order valence-corrected chi connectivity index (χ2v) is 34.6. The highest BCUT2D eigenvalue weighted by atomic mass is 32.2. The monoisotopic (exact) mass is 1950 g/mol. The molecule has 0 spiro atoms. The van der Waals surface area contributed by atoms with Gasteiger partial charge in [-0.05, 0) is 62.2 Å². The van der Waals surface area contributed by atoms with Crippen LogP contribution in [-0.2, 0) is 153 Å². The molecule has 3 aliphatic heterocycles. The van der Waals surface area contributed by atoms with Crippen molar-refractivity contribution < 1.29 is 179 Å². The molecule has 3 heterocycles. The Morgan fingerprint density at radius 3 is 0.864 bits per heavy atom. The molecule has 1 aromatic carbocycles. The fourth-order valence-corrected chi connectivity index (χ4v) is 17.5. The molecular formula is C84H124F5N7O33S3. The first-order valence-corrected chi connectivity index (χ1v) is 46.3. The number of hydrogen-bond acceptors (Lipinski definition) is 36. The number of halogens is 5. The summed E-state index contributed by atoms with van der Waals surface area (Å²) in [5.74, 6) is -24.3. The zero-order valence-corrected chi connectivity index (χ0v) is 78.5. The van der Waals surface area contributed by atoms with Gasteiger partial charge in [-0.15, -0.1) is 35.3 Å². The molecule has 3 saturated heterocycles. The molecule has 746 valence electrons. The Bertz CT molecular complexity index is 3660. The molecular weight excluding hydrogens is 1830 g/mol. The maximum absolute atomic E-state index is 14.5. The van der Waals surface area contributed by atoms with Crippen LogP contribution in [-0.4, -0.2) is 292 Å². The fourth-order valence-electron chi connectivity index (χ4n) is 13.7. The van der Waals surface area contributed by atoms with Crippen molar-refractivity contribution in [2.45, 2.75) is 294 Å². The van der Waals surface area contributed by atoms with Gasteiger partial charge in [-0.1, -0.05) is 38.5 Å². The number of carbonyl (C=O) groups is 17. The van der Waals surface area contributed by atoms with Crippen molar-refractivity contribution in [2.24, 2.45) is 0 Å². The molecule has 7 amide bonds. The molecule has 0 aromatic heterocycles. The number of thioether (sulfide) groups is 3. The molecule has 48 heteroatoms. The topological polar surface area (TPSA) is 522 Å². The fraction of sp³-hybridized carbons (Fsp3) is 0.726. The lowest BCUT2D eigenvalue weighted by Crippen LogP contribution is -2.65. The summed E-state index contributed by atoms with van der Waals surface area (Å²) in [5, 5.41) is 19.4. The summed E-state index contributed by atoms with van der Waals surface area (Å²) in [7, 11) is 0. The van der Waals surface area contributed by atoms with E-state index in [4.69, 9.17) is 71.1 Å². The Kier molecular flexibility index (Phi) is 53.6. The Hall–Kier alpha value is -9.33. The Morgan fingerprint density at radius 1 is 0.318 bits per heavy atom. The second-order valence-electron chi connectivity index (χ2n) is 31.0. The third-order valence-corrected chi connectivity index (χ3v) is 23.1. The summed E-state index contributed by atoms with van der Waals surface area (Å²) in [6, 6.07) is -2.99. The number of rotatable bonds is 60. The number of nitrogens with one attached hydrogen (secondary N) is 7. The lowest BCUT2D eigenvalue weighted by Gasteiger charge is -2.45. The van der Waals surface area contributed by atoms with E-state index >= 15 is 0 Å². The van der Waals surface area contributed by atoms with Crippen molar-refractivity contribution in [2.75, 3.05) is 96.4 Å². The first kappa shape index (κ1) is 115. The van der Waals surface area contributed by atoms with Crippen LogP contribution in [0.3, 0.4) is 0 Å². The first-order valence-electron chi connectivity index (χ1n) is 43.1. The number of amides is 7. The molecule has 0 aliphatic carbocycles. The smallest absolute Gasteiger partial charge is 0.311 e. The van der Waals surface area contributed by atoms with Crippen LogP contribution in [0, 0.1) is 29.1 Å². The molecule has 14 unspecified atom stereocenters. The molecule has 0 bridgehead atoms. The Morgan fingerprint density at radius 2 is 0.591 bits per heavy atom. The zero-order valence-electron chi connectivity index (χ0n) is 76.1. The van der Waals surface area contributed by atoms with Crippen LogP contribution in [0.5, 0.6) is 5.75 Å². The maximum atomic E-state index is 14.5. The number of ether oxygens (including phenoxy) is 16. The Labute approximate surface area is 773 Å². The van der Waals surface area contributed by atoms with E-state index in [1.54, 1.807) is 0 Å². The van der Waals surface area contributed by atoms with Crippen LogP contribution in [0.1, 0.15) is 199 Å². The highest BCUT2D eigenvalue weighted by Gasteiger charge is 2.54. The molecule has 40 nitrogen and oxygen atoms in total. The van der Waals surface area contributed by atoms with Crippen molar-refractivity contribution in [1.82, 2.24) is 37.2 Å². The van der Waals surface area contributed by atoms with Gasteiger partial charge in [0, 0.05) is 135 Å². The average molecular weight is 1950 g/mol. The summed E-state index contributed by atoms with van der Waals surface area (Å²) in [6.07, 6.45) is -6.09. The first-order chi connectivity index (χ1) is 62.5. The quantitative estimate of drug-likeness (QED) is 0.00881. The third kappa shape index (κ3) is 44.2. The Balaban J connectivity index is 1.45. The number of unbranched alkanes of at least 4 members (excludes halogenated alkanes) is 9. The number of benzene rings is 1. The van der Waals surface area contributed by atoms with E-state index in [2.05, 4.69) is 42.0 Å². The highest BCUT2D eigenvalue weighted by Crippen LogP contribution is 2.38. The van der Waals surface area contributed by atoms with Crippen molar-refractivity contribution in [3.05, 3.63) is 29.1 Å². The van der Waals surface area contributed by atoms with Gasteiger partial charge < -0.3 is 113 Å². The van der Waals surface area contributed by atoms with Crippen LogP contribution < -0.4 is 42.0 Å². The lowest BCUT2D eigenvalue weighted by molar-refractivity contribution is -0.211. The van der Waals surface area contributed by atoms with E-state index < -0.39 is 270 Å². The predicted molar refractivity (Wildman–Crippen MR) is 457 cm³/mol. The summed E-state index contributed by atoms with van der Waals surface area (Å²) >= 11 is 3.82. The largest absolute Gasteiger partial charge is 0.463 e. The minimum absolute atomic E-state index is 0.225. The summed E-state index contributed by atoms with van der Waals surface area (Å²) in [4.78, 5) is 213. The van der Waals surface area contributed by atoms with Crippen molar-refractivity contribution in [3.8, 4) is 5.75 Å². The summed E-state index contributed by atoms with van der Waals surface area (Å²) < 4.78 is 161. The van der Waals surface area contributed by atoms with E-state index in [1.165, 1.54) is 76.8 Å². The lowest BCUT2D eigenvalue weighted by atomic mass is 9.97. The van der Waals surface area contributed by atoms with Gasteiger partial charge in [0.05, 0.1) is 39.6 Å². The van der Waals surface area contributed by atoms with Crippen molar-refractivity contribution >= 4 is 136 Å². The SMILES string of the molecule is CC(=O)NC1C(SCCCCCCNC(=O)CCOCC(COCCC(=O)NCCCCCCSC2OC(COC(C)=O)C(OC(C)=O)C(OC(C)=O)C2NC(C)=O)(COCCC(=O)NCCCCCCSC2OC(COC(C)=O)C(OC(C)=O)C(OC(C)=O)[C@@H]2NC(C)=O)NC(=O)CCCC(=O)Oc2c(F)c(F)c(F)c(F)c2F)OC(COC(C)=O)C(OC(C)=O)C1OC(C)=O. The molecule has 15 atom stereocenters. The van der Waals surface area contributed by atoms with E-state index in [0.717, 1.165) is 41.5 Å². The van der Waals surface area contributed by atoms with Crippen LogP contribution >= 0.6 is 35.3 Å². The van der Waals surface area contributed by atoms with Gasteiger partial charge in [0.25, 0.3) is 0 Å². The van der Waals surface area contributed by atoms with Gasteiger partial charge in [0.1, 0.15) is 78.1 Å². The number of carbonyl (C=O) groups excluding carboxylic acids is 17. The molecule has 3 aliphatic rings. The van der Waals surface area contributed by atoms with Crippen LogP contribution in [0.4, 0.5) is 22.0 Å². The van der Waals surface area contributed by atoms with Crippen LogP contribution in [0.2, 0.25) is 0 Å². The molecule has 1 aromatic rings. The minimum Gasteiger partial charge on any atom is -0.463 e. The zero-order chi connectivity index (χ0) is 98.2. The van der Waals surface area contributed by atoms with E-state index in [9.17, 15) is 103 Å². The molecule has 0 saturated carbocycles. The van der Waals surface area contributed by atoms with Crippen molar-refractivity contribution in [1.29, 1.82) is 0 Å². The average Bonchev–Trinajstić information content (AvgIpc) is 0.789. The van der Waals surface area contributed by atoms with Gasteiger partial charge in [-0.3, -0.25) is 81.5 Å².